The van der Waals surface area contributed by atoms with Gasteiger partial charge in [-0.25, -0.2) is 0 Å². The van der Waals surface area contributed by atoms with Gasteiger partial charge in [0.15, 0.2) is 0 Å². The largest absolute Gasteiger partial charge is 0.471 e. The lowest BCUT2D eigenvalue weighted by Crippen LogP contribution is -2.52. The number of amides is 3. The van der Waals surface area contributed by atoms with Crippen molar-refractivity contribution in [3.63, 3.8) is 0 Å². The van der Waals surface area contributed by atoms with E-state index in [4.69, 9.17) is 0 Å². The van der Waals surface area contributed by atoms with Crippen LogP contribution in [-0.4, -0.2) is 66.4 Å². The van der Waals surface area contributed by atoms with Crippen LogP contribution in [0.3, 0.4) is 0 Å². The van der Waals surface area contributed by atoms with Crippen LogP contribution >= 0.6 is 0 Å². The van der Waals surface area contributed by atoms with Crippen LogP contribution in [-0.2, 0) is 14.4 Å². The van der Waals surface area contributed by atoms with Crippen molar-refractivity contribution < 1.29 is 27.6 Å². The number of halogens is 3. The summed E-state index contributed by atoms with van der Waals surface area (Å²) in [6, 6.07) is 0. The van der Waals surface area contributed by atoms with Crippen molar-refractivity contribution in [2.45, 2.75) is 13.1 Å². The third-order valence-corrected chi connectivity index (χ3v) is 2.74. The van der Waals surface area contributed by atoms with E-state index in [0.717, 1.165) is 0 Å². The first kappa shape index (κ1) is 15.3. The van der Waals surface area contributed by atoms with Crippen LogP contribution in [0.5, 0.6) is 0 Å². The van der Waals surface area contributed by atoms with Gasteiger partial charge in [0.05, 0.1) is 6.54 Å². The number of rotatable bonds is 2. The third-order valence-electron chi connectivity index (χ3n) is 2.74. The molecule has 0 spiro atoms. The zero-order chi connectivity index (χ0) is 14.6. The molecule has 1 N–H and O–H groups in total. The van der Waals surface area contributed by atoms with Crippen molar-refractivity contribution in [2.75, 3.05) is 32.7 Å². The Morgan fingerprint density at radius 3 is 1.95 bits per heavy atom. The van der Waals surface area contributed by atoms with Crippen LogP contribution < -0.4 is 5.32 Å². The van der Waals surface area contributed by atoms with E-state index in [0.29, 0.717) is 13.1 Å². The summed E-state index contributed by atoms with van der Waals surface area (Å²) in [6.07, 6.45) is -4.99. The molecular formula is C10H14F3N3O3. The second-order valence-corrected chi connectivity index (χ2v) is 4.07. The quantitative estimate of drug-likeness (QED) is 0.731. The molecule has 0 aliphatic carbocycles. The molecule has 1 saturated heterocycles. The van der Waals surface area contributed by atoms with Crippen LogP contribution in [0.4, 0.5) is 13.2 Å². The highest BCUT2D eigenvalue weighted by atomic mass is 19.4. The Morgan fingerprint density at radius 1 is 1.05 bits per heavy atom. The maximum Gasteiger partial charge on any atom is 0.471 e. The Morgan fingerprint density at radius 2 is 1.53 bits per heavy atom. The first-order valence-corrected chi connectivity index (χ1v) is 5.60. The highest BCUT2D eigenvalue weighted by Crippen LogP contribution is 2.13. The average Bonchev–Trinajstić information content (AvgIpc) is 2.34. The molecule has 1 aliphatic heterocycles. The van der Waals surface area contributed by atoms with Gasteiger partial charge in [-0.05, 0) is 0 Å². The Labute approximate surface area is 107 Å². The molecule has 0 saturated carbocycles. The lowest BCUT2D eigenvalue weighted by molar-refractivity contribution is -0.174. The fourth-order valence-electron chi connectivity index (χ4n) is 1.64. The summed E-state index contributed by atoms with van der Waals surface area (Å²) >= 11 is 0. The van der Waals surface area contributed by atoms with Crippen LogP contribution in [0.1, 0.15) is 6.92 Å². The van der Waals surface area contributed by atoms with Crippen molar-refractivity contribution in [3.8, 4) is 0 Å². The Hall–Kier alpha value is -1.80. The molecule has 0 bridgehead atoms. The molecule has 0 atom stereocenters. The summed E-state index contributed by atoms with van der Waals surface area (Å²) in [6.45, 7) is 1.89. The molecule has 0 aromatic carbocycles. The molecular weight excluding hydrogens is 267 g/mol. The molecule has 108 valence electrons. The van der Waals surface area contributed by atoms with Crippen LogP contribution in [0, 0.1) is 0 Å². The summed E-state index contributed by atoms with van der Waals surface area (Å²) in [5, 5.41) is 1.52. The molecule has 6 nitrogen and oxygen atoms in total. The molecule has 1 heterocycles. The first-order valence-electron chi connectivity index (χ1n) is 5.60. The number of carbonyl (C=O) groups is 3. The normalized spacial score (nSPS) is 16.2. The molecule has 19 heavy (non-hydrogen) atoms. The van der Waals surface area contributed by atoms with E-state index in [9.17, 15) is 27.6 Å². The standard InChI is InChI=1S/C10H14F3N3O3/c1-7(17)15-2-4-16(5-3-15)8(18)6-14-9(19)10(11,12)13/h2-6H2,1H3,(H,14,19). The van der Waals surface area contributed by atoms with Gasteiger partial charge < -0.3 is 15.1 Å². The SMILES string of the molecule is CC(=O)N1CCN(C(=O)CNC(=O)C(F)(F)F)CC1. The van der Waals surface area contributed by atoms with Gasteiger partial charge in [-0.2, -0.15) is 13.2 Å². The van der Waals surface area contributed by atoms with E-state index in [1.807, 2.05) is 0 Å². The van der Waals surface area contributed by atoms with Gasteiger partial charge in [-0.15, -0.1) is 0 Å². The highest BCUT2D eigenvalue weighted by Gasteiger charge is 2.38. The highest BCUT2D eigenvalue weighted by molar-refractivity contribution is 5.87. The molecule has 0 aromatic heterocycles. The second-order valence-electron chi connectivity index (χ2n) is 4.07. The fraction of sp³-hybridized carbons (Fsp3) is 0.700. The molecule has 1 fully saturated rings. The van der Waals surface area contributed by atoms with Gasteiger partial charge in [0.2, 0.25) is 11.8 Å². The minimum absolute atomic E-state index is 0.113. The summed E-state index contributed by atoms with van der Waals surface area (Å²) < 4.78 is 35.7. The molecule has 0 unspecified atom stereocenters. The number of carbonyl (C=O) groups excluding carboxylic acids is 3. The van der Waals surface area contributed by atoms with Gasteiger partial charge in [0.1, 0.15) is 0 Å². The van der Waals surface area contributed by atoms with Crippen LogP contribution in [0.2, 0.25) is 0 Å². The lowest BCUT2D eigenvalue weighted by Gasteiger charge is -2.34. The topological polar surface area (TPSA) is 69.7 Å². The van der Waals surface area contributed by atoms with E-state index in [1.165, 1.54) is 22.0 Å². The first-order chi connectivity index (χ1) is 8.71. The summed E-state index contributed by atoms with van der Waals surface area (Å²) in [4.78, 5) is 36.0. The number of piperazine rings is 1. The summed E-state index contributed by atoms with van der Waals surface area (Å²) in [5.41, 5.74) is 0. The molecule has 3 amide bonds. The van der Waals surface area contributed by atoms with E-state index in [-0.39, 0.29) is 19.0 Å². The van der Waals surface area contributed by atoms with Crippen LogP contribution in [0.15, 0.2) is 0 Å². The predicted molar refractivity (Wildman–Crippen MR) is 57.9 cm³/mol. The number of hydrogen-bond donors (Lipinski definition) is 1. The molecule has 0 aromatic rings. The summed E-state index contributed by atoms with van der Waals surface area (Å²) in [5.74, 6) is -2.85. The van der Waals surface area contributed by atoms with Gasteiger partial charge >= 0.3 is 12.1 Å². The van der Waals surface area contributed by atoms with Gasteiger partial charge in [-0.1, -0.05) is 0 Å². The van der Waals surface area contributed by atoms with Crippen molar-refractivity contribution >= 4 is 17.7 Å². The van der Waals surface area contributed by atoms with Gasteiger partial charge in [0.25, 0.3) is 0 Å². The Balaban J connectivity index is 2.36. The lowest BCUT2D eigenvalue weighted by atomic mass is 10.3. The molecule has 0 radical (unpaired) electrons. The number of hydrogen-bond acceptors (Lipinski definition) is 3. The zero-order valence-electron chi connectivity index (χ0n) is 10.3. The van der Waals surface area contributed by atoms with Crippen LogP contribution in [0.25, 0.3) is 0 Å². The average molecular weight is 281 g/mol. The minimum atomic E-state index is -4.99. The zero-order valence-corrected chi connectivity index (χ0v) is 10.3. The van der Waals surface area contributed by atoms with E-state index in [2.05, 4.69) is 0 Å². The Bertz CT molecular complexity index is 376. The van der Waals surface area contributed by atoms with E-state index >= 15 is 0 Å². The number of nitrogens with one attached hydrogen (secondary N) is 1. The number of nitrogens with zero attached hydrogens (tertiary/aromatic N) is 2. The van der Waals surface area contributed by atoms with Crippen molar-refractivity contribution in [1.82, 2.24) is 15.1 Å². The third kappa shape index (κ3) is 4.42. The maximum absolute atomic E-state index is 11.9. The monoisotopic (exact) mass is 281 g/mol. The predicted octanol–water partition coefficient (Wildman–Crippen LogP) is -0.644. The maximum atomic E-state index is 11.9. The van der Waals surface area contributed by atoms with Gasteiger partial charge in [0, 0.05) is 33.1 Å². The fourth-order valence-corrected chi connectivity index (χ4v) is 1.64. The Kier molecular flexibility index (Phi) is 4.73. The van der Waals surface area contributed by atoms with Crippen molar-refractivity contribution in [3.05, 3.63) is 0 Å². The smallest absolute Gasteiger partial charge is 0.339 e. The molecule has 1 rings (SSSR count). The van der Waals surface area contributed by atoms with Gasteiger partial charge in [-0.3, -0.25) is 14.4 Å². The van der Waals surface area contributed by atoms with E-state index in [1.54, 1.807) is 0 Å². The molecule has 9 heteroatoms. The molecule has 1 aliphatic rings. The number of alkyl halides is 3. The van der Waals surface area contributed by atoms with E-state index < -0.39 is 24.5 Å². The second kappa shape index (κ2) is 5.89. The summed E-state index contributed by atoms with van der Waals surface area (Å²) in [7, 11) is 0. The van der Waals surface area contributed by atoms with Crippen molar-refractivity contribution in [1.29, 1.82) is 0 Å². The minimum Gasteiger partial charge on any atom is -0.339 e. The van der Waals surface area contributed by atoms with Crippen molar-refractivity contribution in [2.24, 2.45) is 0 Å².